The topological polar surface area (TPSA) is 71.5 Å². The zero-order valence-corrected chi connectivity index (χ0v) is 10.4. The second kappa shape index (κ2) is 5.93. The lowest BCUT2D eigenvalue weighted by molar-refractivity contribution is 0.0842. The number of aliphatic hydroxyl groups excluding tert-OH is 1. The molecule has 0 aliphatic heterocycles. The van der Waals surface area contributed by atoms with E-state index < -0.39 is 0 Å². The predicted molar refractivity (Wildman–Crippen MR) is 61.8 cm³/mol. The molecular weight excluding hydrogens is 228 g/mol. The zero-order valence-electron chi connectivity index (χ0n) is 9.61. The van der Waals surface area contributed by atoms with Crippen LogP contribution in [-0.2, 0) is 4.74 Å². The van der Waals surface area contributed by atoms with Crippen molar-refractivity contribution < 1.29 is 14.6 Å². The first-order valence-corrected chi connectivity index (χ1v) is 5.74. The third-order valence-electron chi connectivity index (χ3n) is 2.03. The van der Waals surface area contributed by atoms with Gasteiger partial charge in [0.25, 0.3) is 5.91 Å². The smallest absolute Gasteiger partial charge is 0.263 e. The summed E-state index contributed by atoms with van der Waals surface area (Å²) < 4.78 is 4.88. The van der Waals surface area contributed by atoms with Gasteiger partial charge in [-0.25, -0.2) is 4.98 Å². The molecule has 1 unspecified atom stereocenters. The molecule has 90 valence electrons. The first-order valence-electron chi connectivity index (χ1n) is 4.93. The number of nitrogens with one attached hydrogen (secondary N) is 1. The number of carbonyl (C=O) groups is 1. The third kappa shape index (κ3) is 3.26. The van der Waals surface area contributed by atoms with Crippen LogP contribution in [0.25, 0.3) is 0 Å². The van der Waals surface area contributed by atoms with E-state index in [0.29, 0.717) is 17.2 Å². The second-order valence-corrected chi connectivity index (χ2v) is 4.66. The van der Waals surface area contributed by atoms with Gasteiger partial charge in [0.15, 0.2) is 0 Å². The van der Waals surface area contributed by atoms with E-state index in [2.05, 4.69) is 10.3 Å². The van der Waals surface area contributed by atoms with Gasteiger partial charge in [-0.3, -0.25) is 4.79 Å². The summed E-state index contributed by atoms with van der Waals surface area (Å²) >= 11 is 1.35. The van der Waals surface area contributed by atoms with Crippen molar-refractivity contribution in [3.63, 3.8) is 0 Å². The fourth-order valence-electron chi connectivity index (χ4n) is 1.33. The lowest BCUT2D eigenvalue weighted by Gasteiger charge is -2.14. The highest BCUT2D eigenvalue weighted by molar-refractivity contribution is 7.13. The molecule has 0 saturated heterocycles. The van der Waals surface area contributed by atoms with E-state index in [1.165, 1.54) is 18.4 Å². The van der Waals surface area contributed by atoms with Crippen molar-refractivity contribution in [1.29, 1.82) is 0 Å². The van der Waals surface area contributed by atoms with E-state index in [1.54, 1.807) is 6.92 Å². The molecule has 1 rings (SSSR count). The molecule has 0 aliphatic rings. The molecule has 0 spiro atoms. The average molecular weight is 244 g/mol. The molecule has 0 saturated carbocycles. The Morgan fingerprint density at radius 1 is 1.62 bits per heavy atom. The van der Waals surface area contributed by atoms with Crippen LogP contribution >= 0.6 is 11.3 Å². The van der Waals surface area contributed by atoms with Gasteiger partial charge in [0.05, 0.1) is 30.0 Å². The molecule has 2 N–H and O–H groups in total. The Morgan fingerprint density at radius 3 is 2.75 bits per heavy atom. The van der Waals surface area contributed by atoms with Crippen LogP contribution in [0.2, 0.25) is 0 Å². The van der Waals surface area contributed by atoms with Crippen molar-refractivity contribution in [3.05, 3.63) is 15.6 Å². The molecule has 6 heteroatoms. The van der Waals surface area contributed by atoms with Gasteiger partial charge in [-0.1, -0.05) is 0 Å². The van der Waals surface area contributed by atoms with Crippen LogP contribution < -0.4 is 5.32 Å². The summed E-state index contributed by atoms with van der Waals surface area (Å²) in [6.07, 6.45) is 0. The summed E-state index contributed by atoms with van der Waals surface area (Å²) in [5.41, 5.74) is 0.717. The Kier molecular flexibility index (Phi) is 4.85. The van der Waals surface area contributed by atoms with Gasteiger partial charge in [-0.15, -0.1) is 11.3 Å². The maximum absolute atomic E-state index is 11.8. The summed E-state index contributed by atoms with van der Waals surface area (Å²) in [7, 11) is 1.52. The minimum Gasteiger partial charge on any atom is -0.394 e. The van der Waals surface area contributed by atoms with E-state index >= 15 is 0 Å². The minimum absolute atomic E-state index is 0.142. The van der Waals surface area contributed by atoms with Gasteiger partial charge in [0.1, 0.15) is 4.88 Å². The Labute approximate surface area is 98.5 Å². The first-order chi connectivity index (χ1) is 7.58. The Morgan fingerprint density at radius 2 is 2.31 bits per heavy atom. The van der Waals surface area contributed by atoms with Gasteiger partial charge in [-0.2, -0.15) is 0 Å². The molecule has 0 radical (unpaired) electrons. The Hall–Kier alpha value is -0.980. The summed E-state index contributed by atoms with van der Waals surface area (Å²) in [6, 6.07) is -0.376. The number of ether oxygens (including phenoxy) is 1. The number of aryl methyl sites for hydroxylation is 2. The highest BCUT2D eigenvalue weighted by atomic mass is 32.1. The molecule has 0 aromatic carbocycles. The zero-order chi connectivity index (χ0) is 12.1. The van der Waals surface area contributed by atoms with Crippen LogP contribution in [0.4, 0.5) is 0 Å². The number of methoxy groups -OCH3 is 1. The van der Waals surface area contributed by atoms with Gasteiger partial charge < -0.3 is 15.2 Å². The van der Waals surface area contributed by atoms with Crippen molar-refractivity contribution in [1.82, 2.24) is 10.3 Å². The molecule has 1 heterocycles. The van der Waals surface area contributed by atoms with Gasteiger partial charge in [0, 0.05) is 7.11 Å². The lowest BCUT2D eigenvalue weighted by Crippen LogP contribution is -2.40. The van der Waals surface area contributed by atoms with Crippen molar-refractivity contribution in [3.8, 4) is 0 Å². The lowest BCUT2D eigenvalue weighted by atomic mass is 10.3. The van der Waals surface area contributed by atoms with Crippen molar-refractivity contribution in [2.24, 2.45) is 0 Å². The highest BCUT2D eigenvalue weighted by Gasteiger charge is 2.17. The molecule has 0 bridgehead atoms. The van der Waals surface area contributed by atoms with Crippen LogP contribution in [0.15, 0.2) is 0 Å². The molecule has 1 amide bonds. The second-order valence-electron chi connectivity index (χ2n) is 3.46. The summed E-state index contributed by atoms with van der Waals surface area (Å²) in [5, 5.41) is 12.6. The summed E-state index contributed by atoms with van der Waals surface area (Å²) in [4.78, 5) is 16.6. The Bertz CT molecular complexity index is 365. The van der Waals surface area contributed by atoms with E-state index in [4.69, 9.17) is 9.84 Å². The van der Waals surface area contributed by atoms with Crippen LogP contribution in [0.1, 0.15) is 20.4 Å². The van der Waals surface area contributed by atoms with Crippen LogP contribution in [0, 0.1) is 13.8 Å². The Balaban J connectivity index is 2.67. The van der Waals surface area contributed by atoms with E-state index in [9.17, 15) is 4.79 Å². The van der Waals surface area contributed by atoms with Crippen LogP contribution in [0.5, 0.6) is 0 Å². The predicted octanol–water partition coefficient (Wildman–Crippen LogP) is 0.497. The number of nitrogens with zero attached hydrogens (tertiary/aromatic N) is 1. The quantitative estimate of drug-likeness (QED) is 0.791. The van der Waals surface area contributed by atoms with E-state index in [-0.39, 0.29) is 18.6 Å². The van der Waals surface area contributed by atoms with Crippen molar-refractivity contribution in [2.75, 3.05) is 20.3 Å². The number of hydrogen-bond acceptors (Lipinski definition) is 5. The average Bonchev–Trinajstić information content (AvgIpc) is 2.57. The monoisotopic (exact) mass is 244 g/mol. The first kappa shape index (κ1) is 13.1. The molecule has 0 aliphatic carbocycles. The number of aliphatic hydroxyl groups is 1. The molecule has 0 fully saturated rings. The fraction of sp³-hybridized carbons (Fsp3) is 0.600. The number of amides is 1. The molecule has 5 nitrogen and oxygen atoms in total. The van der Waals surface area contributed by atoms with Gasteiger partial charge in [0.2, 0.25) is 0 Å². The molecule has 1 aromatic heterocycles. The molecule has 1 aromatic rings. The number of rotatable bonds is 5. The largest absolute Gasteiger partial charge is 0.394 e. The van der Waals surface area contributed by atoms with Gasteiger partial charge in [-0.05, 0) is 13.8 Å². The highest BCUT2D eigenvalue weighted by Crippen LogP contribution is 2.16. The summed E-state index contributed by atoms with van der Waals surface area (Å²) in [6.45, 7) is 3.80. The SMILES string of the molecule is COCC(CO)NC(=O)c1sc(C)nc1C. The normalized spacial score (nSPS) is 12.5. The number of carbonyl (C=O) groups excluding carboxylic acids is 1. The molecular formula is C10H16N2O3S. The number of hydrogen-bond donors (Lipinski definition) is 2. The standard InChI is InChI=1S/C10H16N2O3S/c1-6-9(16-7(2)11-6)10(14)12-8(4-13)5-15-3/h8,13H,4-5H2,1-3H3,(H,12,14). The van der Waals surface area contributed by atoms with E-state index in [1.807, 2.05) is 6.92 Å². The van der Waals surface area contributed by atoms with Crippen LogP contribution in [0.3, 0.4) is 0 Å². The van der Waals surface area contributed by atoms with Crippen molar-refractivity contribution in [2.45, 2.75) is 19.9 Å². The third-order valence-corrected chi connectivity index (χ3v) is 3.10. The molecule has 16 heavy (non-hydrogen) atoms. The number of aromatic nitrogens is 1. The summed E-state index contributed by atoms with van der Waals surface area (Å²) in [5.74, 6) is -0.209. The van der Waals surface area contributed by atoms with E-state index in [0.717, 1.165) is 5.01 Å². The van der Waals surface area contributed by atoms with Gasteiger partial charge >= 0.3 is 0 Å². The fourth-order valence-corrected chi connectivity index (χ4v) is 2.16. The molecule has 1 atom stereocenters. The maximum atomic E-state index is 11.8. The van der Waals surface area contributed by atoms with Crippen LogP contribution in [-0.4, -0.2) is 42.4 Å². The van der Waals surface area contributed by atoms with Crippen molar-refractivity contribution >= 4 is 17.2 Å². The minimum atomic E-state index is -0.376. The maximum Gasteiger partial charge on any atom is 0.263 e. The number of thiazole rings is 1.